The van der Waals surface area contributed by atoms with E-state index in [-0.39, 0.29) is 0 Å². The molecule has 0 saturated heterocycles. The predicted octanol–water partition coefficient (Wildman–Crippen LogP) is 3.03. The van der Waals surface area contributed by atoms with Crippen LogP contribution < -0.4 is 17.2 Å². The Kier molecular flexibility index (Phi) is 2.64. The lowest BCUT2D eigenvalue weighted by Crippen LogP contribution is -2.45. The maximum Gasteiger partial charge on any atom is 0.118 e. The van der Waals surface area contributed by atoms with Crippen molar-refractivity contribution in [2.24, 2.45) is 11.5 Å². The molecule has 1 aliphatic carbocycles. The molecule has 3 aromatic carbocycles. The van der Waals surface area contributed by atoms with E-state index in [0.29, 0.717) is 0 Å². The van der Waals surface area contributed by atoms with Crippen LogP contribution in [-0.2, 0) is 5.66 Å². The number of hydrogen-bond donors (Lipinski definition) is 3. The first-order valence-electron chi connectivity index (χ1n) is 7.26. The molecule has 0 amide bonds. The summed E-state index contributed by atoms with van der Waals surface area (Å²) in [7, 11) is 0. The summed E-state index contributed by atoms with van der Waals surface area (Å²) in [6, 6.07) is 22.0. The summed E-state index contributed by atoms with van der Waals surface area (Å²) in [6.07, 6.45) is 0. The minimum Gasteiger partial charge on any atom is -0.399 e. The van der Waals surface area contributed by atoms with Crippen LogP contribution in [0, 0.1) is 0 Å². The largest absolute Gasteiger partial charge is 0.399 e. The van der Waals surface area contributed by atoms with Gasteiger partial charge in [-0.05, 0) is 39.9 Å². The Balaban J connectivity index is 2.02. The third-order valence-electron chi connectivity index (χ3n) is 4.36. The van der Waals surface area contributed by atoms with Crippen LogP contribution in [0.15, 0.2) is 66.7 Å². The number of hydrogen-bond acceptors (Lipinski definition) is 3. The fraction of sp³-hybridized carbons (Fsp3) is 0.0526. The quantitative estimate of drug-likeness (QED) is 0.475. The Morgan fingerprint density at radius 3 is 2.05 bits per heavy atom. The zero-order valence-corrected chi connectivity index (χ0v) is 12.1. The summed E-state index contributed by atoms with van der Waals surface area (Å²) >= 11 is 0. The van der Waals surface area contributed by atoms with Gasteiger partial charge in [0.2, 0.25) is 0 Å². The van der Waals surface area contributed by atoms with E-state index >= 15 is 0 Å². The Bertz CT molecular complexity index is 864. The number of nitrogens with two attached hydrogens (primary N) is 3. The molecule has 108 valence electrons. The van der Waals surface area contributed by atoms with Crippen molar-refractivity contribution in [1.29, 1.82) is 0 Å². The van der Waals surface area contributed by atoms with Crippen molar-refractivity contribution in [3.8, 4) is 22.3 Å². The van der Waals surface area contributed by atoms with Crippen LogP contribution in [0.4, 0.5) is 5.69 Å². The minimum absolute atomic E-state index is 0.742. The predicted molar refractivity (Wildman–Crippen MR) is 90.9 cm³/mol. The van der Waals surface area contributed by atoms with Crippen LogP contribution in [0.5, 0.6) is 0 Å². The van der Waals surface area contributed by atoms with Crippen molar-refractivity contribution < 1.29 is 0 Å². The molecular weight excluding hydrogens is 270 g/mol. The topological polar surface area (TPSA) is 78.1 Å². The molecule has 0 radical (unpaired) electrons. The van der Waals surface area contributed by atoms with E-state index in [2.05, 4.69) is 18.2 Å². The highest BCUT2D eigenvalue weighted by Crippen LogP contribution is 2.47. The fourth-order valence-corrected chi connectivity index (χ4v) is 3.34. The van der Waals surface area contributed by atoms with Gasteiger partial charge in [-0.2, -0.15) is 0 Å². The fourth-order valence-electron chi connectivity index (χ4n) is 3.34. The Labute approximate surface area is 129 Å². The molecule has 0 aromatic heterocycles. The van der Waals surface area contributed by atoms with E-state index in [1.54, 1.807) is 0 Å². The first-order valence-corrected chi connectivity index (χ1v) is 7.26. The number of rotatable bonds is 1. The molecule has 0 spiro atoms. The van der Waals surface area contributed by atoms with Crippen molar-refractivity contribution in [3.63, 3.8) is 0 Å². The average Bonchev–Trinajstić information content (AvgIpc) is 2.77. The molecule has 0 saturated carbocycles. The summed E-state index contributed by atoms with van der Waals surface area (Å²) in [6.45, 7) is 0. The molecule has 0 atom stereocenters. The van der Waals surface area contributed by atoms with Gasteiger partial charge >= 0.3 is 0 Å². The minimum atomic E-state index is -0.982. The first-order chi connectivity index (χ1) is 10.6. The second-order valence-corrected chi connectivity index (χ2v) is 5.76. The smallest absolute Gasteiger partial charge is 0.118 e. The summed E-state index contributed by atoms with van der Waals surface area (Å²) in [5.41, 5.74) is 24.9. The van der Waals surface area contributed by atoms with E-state index in [0.717, 1.165) is 39.1 Å². The molecule has 0 bridgehead atoms. The zero-order chi connectivity index (χ0) is 15.3. The van der Waals surface area contributed by atoms with Crippen LogP contribution in [0.25, 0.3) is 22.3 Å². The van der Waals surface area contributed by atoms with E-state index < -0.39 is 5.66 Å². The summed E-state index contributed by atoms with van der Waals surface area (Å²) < 4.78 is 0. The van der Waals surface area contributed by atoms with Gasteiger partial charge in [-0.25, -0.2) is 0 Å². The standard InChI is InChI=1S/C19H17N3/c20-13-10-8-12(9-11-13)14-5-3-6-16-15-4-1-2-7-17(15)19(21,22)18(14)16/h1-11H,20-22H2. The van der Waals surface area contributed by atoms with Crippen molar-refractivity contribution >= 4 is 5.69 Å². The summed E-state index contributed by atoms with van der Waals surface area (Å²) in [5.74, 6) is 0. The molecule has 1 aliphatic rings. The lowest BCUT2D eigenvalue weighted by Gasteiger charge is -2.24. The molecule has 3 heteroatoms. The monoisotopic (exact) mass is 287 g/mol. The highest BCUT2D eigenvalue weighted by Gasteiger charge is 2.38. The highest BCUT2D eigenvalue weighted by atomic mass is 15.0. The van der Waals surface area contributed by atoms with Crippen LogP contribution in [0.1, 0.15) is 11.1 Å². The molecule has 0 unspecified atom stereocenters. The molecule has 4 rings (SSSR count). The molecule has 0 heterocycles. The van der Waals surface area contributed by atoms with Gasteiger partial charge in [-0.15, -0.1) is 0 Å². The molecule has 3 aromatic rings. The molecule has 22 heavy (non-hydrogen) atoms. The average molecular weight is 287 g/mol. The Hall–Kier alpha value is -2.62. The van der Waals surface area contributed by atoms with Gasteiger partial charge in [0.15, 0.2) is 0 Å². The number of fused-ring (bicyclic) bond motifs is 3. The maximum absolute atomic E-state index is 6.52. The van der Waals surface area contributed by atoms with Crippen molar-refractivity contribution in [2.75, 3.05) is 5.73 Å². The Morgan fingerprint density at radius 2 is 1.27 bits per heavy atom. The van der Waals surface area contributed by atoms with E-state index in [1.165, 1.54) is 0 Å². The molecule has 6 N–H and O–H groups in total. The molecule has 0 fully saturated rings. The van der Waals surface area contributed by atoms with Crippen LogP contribution in [0.3, 0.4) is 0 Å². The summed E-state index contributed by atoms with van der Waals surface area (Å²) in [4.78, 5) is 0. The number of benzene rings is 3. The van der Waals surface area contributed by atoms with Crippen LogP contribution in [0.2, 0.25) is 0 Å². The van der Waals surface area contributed by atoms with Crippen molar-refractivity contribution in [2.45, 2.75) is 5.66 Å². The van der Waals surface area contributed by atoms with E-state index in [4.69, 9.17) is 17.2 Å². The molecular formula is C19H17N3. The van der Waals surface area contributed by atoms with E-state index in [1.807, 2.05) is 48.5 Å². The van der Waals surface area contributed by atoms with Crippen molar-refractivity contribution in [3.05, 3.63) is 77.9 Å². The van der Waals surface area contributed by atoms with Gasteiger partial charge in [0.25, 0.3) is 0 Å². The first kappa shape index (κ1) is 13.1. The third-order valence-corrected chi connectivity index (χ3v) is 4.36. The van der Waals surface area contributed by atoms with Gasteiger partial charge < -0.3 is 17.2 Å². The van der Waals surface area contributed by atoms with Gasteiger partial charge in [0.05, 0.1) is 0 Å². The second-order valence-electron chi connectivity index (χ2n) is 5.76. The van der Waals surface area contributed by atoms with Crippen molar-refractivity contribution in [1.82, 2.24) is 0 Å². The molecule has 0 aliphatic heterocycles. The lowest BCUT2D eigenvalue weighted by molar-refractivity contribution is 0.585. The highest BCUT2D eigenvalue weighted by molar-refractivity contribution is 5.87. The van der Waals surface area contributed by atoms with Crippen LogP contribution in [-0.4, -0.2) is 0 Å². The third kappa shape index (κ3) is 1.70. The second kappa shape index (κ2) is 4.44. The molecule has 3 nitrogen and oxygen atoms in total. The normalized spacial score (nSPS) is 14.5. The maximum atomic E-state index is 6.52. The van der Waals surface area contributed by atoms with E-state index in [9.17, 15) is 0 Å². The van der Waals surface area contributed by atoms with Gasteiger partial charge in [0.1, 0.15) is 5.66 Å². The zero-order valence-electron chi connectivity index (χ0n) is 12.1. The lowest BCUT2D eigenvalue weighted by atomic mass is 9.90. The SMILES string of the molecule is Nc1ccc(-c2cccc3c2C(N)(N)c2ccccc2-3)cc1. The van der Waals surface area contributed by atoms with Gasteiger partial charge in [-0.1, -0.05) is 54.6 Å². The Morgan fingerprint density at radius 1 is 0.636 bits per heavy atom. The summed E-state index contributed by atoms with van der Waals surface area (Å²) in [5, 5.41) is 0. The number of anilines is 1. The van der Waals surface area contributed by atoms with Gasteiger partial charge in [-0.3, -0.25) is 0 Å². The number of nitrogen functional groups attached to an aromatic ring is 1. The van der Waals surface area contributed by atoms with Crippen LogP contribution >= 0.6 is 0 Å². The van der Waals surface area contributed by atoms with Gasteiger partial charge in [0, 0.05) is 11.3 Å².